The number of pyridine rings is 1. The van der Waals surface area contributed by atoms with Crippen molar-refractivity contribution in [1.82, 2.24) is 9.88 Å². The van der Waals surface area contributed by atoms with Gasteiger partial charge in [-0.05, 0) is 65.9 Å². The lowest BCUT2D eigenvalue weighted by Crippen LogP contribution is -2.38. The van der Waals surface area contributed by atoms with E-state index < -0.39 is 0 Å². The maximum atomic E-state index is 13.2. The molecule has 1 aromatic heterocycles. The van der Waals surface area contributed by atoms with Crippen LogP contribution in [-0.4, -0.2) is 28.9 Å². The minimum atomic E-state index is -0.117. The average Bonchev–Trinajstić information content (AvgIpc) is 2.63. The number of nitrogens with zero attached hydrogens (tertiary/aromatic N) is 2. The van der Waals surface area contributed by atoms with Gasteiger partial charge in [0.25, 0.3) is 5.91 Å². The number of aryl methyl sites for hydroxylation is 2. The number of hydrogen-bond acceptors (Lipinski definition) is 3. The summed E-state index contributed by atoms with van der Waals surface area (Å²) in [4.78, 5) is 19.6. The van der Waals surface area contributed by atoms with Crippen LogP contribution in [0, 0.1) is 13.8 Å². The van der Waals surface area contributed by atoms with Crippen LogP contribution in [0.3, 0.4) is 0 Å². The molecule has 2 aromatic rings. The minimum absolute atomic E-state index is 0.117. The molecule has 4 nitrogen and oxygen atoms in total. The normalized spacial score (nSPS) is 13.6. The Morgan fingerprint density at radius 3 is 2.75 bits per heavy atom. The first kappa shape index (κ1) is 21.4. The van der Waals surface area contributed by atoms with Crippen LogP contribution in [0.2, 0.25) is 10.0 Å². The molecule has 1 aromatic carbocycles. The van der Waals surface area contributed by atoms with E-state index in [2.05, 4.69) is 27.8 Å². The average molecular weight is 486 g/mol. The molecule has 1 aliphatic heterocycles. The second-order valence-electron chi connectivity index (χ2n) is 7.05. The van der Waals surface area contributed by atoms with Crippen molar-refractivity contribution in [2.24, 2.45) is 0 Å². The van der Waals surface area contributed by atoms with E-state index in [9.17, 15) is 4.79 Å². The number of ether oxygens (including phenoxy) is 1. The summed E-state index contributed by atoms with van der Waals surface area (Å²) in [6, 6.07) is 3.77. The topological polar surface area (TPSA) is 42.4 Å². The number of carbonyl (C=O) groups excluding carboxylic acids is 1. The summed E-state index contributed by atoms with van der Waals surface area (Å²) in [6.07, 6.45) is 2.68. The predicted molar refractivity (Wildman–Crippen MR) is 117 cm³/mol. The van der Waals surface area contributed by atoms with Crippen molar-refractivity contribution in [3.8, 4) is 5.88 Å². The van der Waals surface area contributed by atoms with Gasteiger partial charge < -0.3 is 9.64 Å². The van der Waals surface area contributed by atoms with E-state index in [-0.39, 0.29) is 5.91 Å². The molecule has 150 valence electrons. The number of fused-ring (bicyclic) bond motifs is 1. The van der Waals surface area contributed by atoms with E-state index >= 15 is 0 Å². The molecule has 0 N–H and O–H groups in total. The molecule has 0 saturated carbocycles. The summed E-state index contributed by atoms with van der Waals surface area (Å²) in [6.45, 7) is 7.72. The molecular formula is C21H23BrCl2N2O2. The molecule has 0 radical (unpaired) electrons. The van der Waals surface area contributed by atoms with Gasteiger partial charge in [-0.15, -0.1) is 0 Å². The lowest BCUT2D eigenvalue weighted by molar-refractivity contribution is 0.0725. The number of benzene rings is 1. The lowest BCUT2D eigenvalue weighted by atomic mass is 9.98. The van der Waals surface area contributed by atoms with Crippen molar-refractivity contribution >= 4 is 45.0 Å². The van der Waals surface area contributed by atoms with Gasteiger partial charge in [0.2, 0.25) is 5.88 Å². The summed E-state index contributed by atoms with van der Waals surface area (Å²) in [5, 5.41) is 0.975. The van der Waals surface area contributed by atoms with Crippen LogP contribution < -0.4 is 4.74 Å². The smallest absolute Gasteiger partial charge is 0.256 e. The second-order valence-corrected chi connectivity index (χ2v) is 8.69. The van der Waals surface area contributed by atoms with Crippen LogP contribution in [-0.2, 0) is 13.0 Å². The second kappa shape index (κ2) is 9.02. The Morgan fingerprint density at radius 1 is 1.29 bits per heavy atom. The number of amides is 1. The molecule has 0 unspecified atom stereocenters. The Balaban J connectivity index is 1.92. The van der Waals surface area contributed by atoms with Crippen LogP contribution >= 0.6 is 39.1 Å². The first-order chi connectivity index (χ1) is 13.3. The van der Waals surface area contributed by atoms with Crippen molar-refractivity contribution in [3.05, 3.63) is 54.6 Å². The van der Waals surface area contributed by atoms with Crippen molar-refractivity contribution < 1.29 is 9.53 Å². The van der Waals surface area contributed by atoms with Crippen molar-refractivity contribution in [2.45, 2.75) is 46.6 Å². The van der Waals surface area contributed by atoms with E-state index in [0.29, 0.717) is 52.1 Å². The zero-order chi connectivity index (χ0) is 20.4. The van der Waals surface area contributed by atoms with Crippen LogP contribution in [0.15, 0.2) is 16.6 Å². The molecule has 0 bridgehead atoms. The van der Waals surface area contributed by atoms with E-state index in [1.165, 1.54) is 0 Å². The van der Waals surface area contributed by atoms with Crippen LogP contribution in [0.1, 0.15) is 52.5 Å². The lowest BCUT2D eigenvalue weighted by Gasteiger charge is -2.31. The molecule has 2 heterocycles. The van der Waals surface area contributed by atoms with E-state index in [0.717, 1.165) is 35.2 Å². The van der Waals surface area contributed by atoms with Gasteiger partial charge in [-0.2, -0.15) is 0 Å². The molecule has 3 rings (SSSR count). The maximum Gasteiger partial charge on any atom is 0.256 e. The molecule has 1 aliphatic rings. The monoisotopic (exact) mass is 484 g/mol. The molecule has 28 heavy (non-hydrogen) atoms. The van der Waals surface area contributed by atoms with E-state index in [1.54, 1.807) is 11.0 Å². The fraction of sp³-hybridized carbons (Fsp3) is 0.429. The van der Waals surface area contributed by atoms with Crippen molar-refractivity contribution in [1.29, 1.82) is 0 Å². The third-order valence-electron chi connectivity index (χ3n) is 4.93. The zero-order valence-electron chi connectivity index (χ0n) is 16.2. The summed E-state index contributed by atoms with van der Waals surface area (Å²) in [5.74, 6) is 0.497. The Labute approximate surface area is 184 Å². The van der Waals surface area contributed by atoms with Crippen LogP contribution in [0.25, 0.3) is 0 Å². The highest BCUT2D eigenvalue weighted by Gasteiger charge is 2.30. The number of rotatable bonds is 6. The Morgan fingerprint density at radius 2 is 2.04 bits per heavy atom. The summed E-state index contributed by atoms with van der Waals surface area (Å²) >= 11 is 16.2. The number of halogens is 3. The van der Waals surface area contributed by atoms with Gasteiger partial charge in [-0.1, -0.05) is 36.5 Å². The molecule has 0 fully saturated rings. The fourth-order valence-corrected chi connectivity index (χ4v) is 4.51. The number of unbranched alkanes of at least 4 members (excludes halogenated alkanes) is 1. The Kier molecular flexibility index (Phi) is 6.89. The predicted octanol–water partition coefficient (Wildman–Crippen LogP) is 6.15. The Hall–Kier alpha value is -1.30. The standard InChI is InChI=1S/C21H23BrCl2N2O2/c1-4-5-8-28-20-15(12(2)9-13(3)25-20)11-26-7-6-14-17(23)10-16(22)19(24)18(14)21(26)27/h9-10H,4-8,11H2,1-3H3. The van der Waals surface area contributed by atoms with E-state index in [4.69, 9.17) is 27.9 Å². The van der Waals surface area contributed by atoms with Gasteiger partial charge in [-0.3, -0.25) is 4.79 Å². The fourth-order valence-electron chi connectivity index (χ4n) is 3.40. The molecular weight excluding hydrogens is 463 g/mol. The van der Waals surface area contributed by atoms with Crippen molar-refractivity contribution in [2.75, 3.05) is 13.2 Å². The van der Waals surface area contributed by atoms with Gasteiger partial charge in [0.15, 0.2) is 0 Å². The summed E-state index contributed by atoms with van der Waals surface area (Å²) < 4.78 is 6.57. The minimum Gasteiger partial charge on any atom is -0.477 e. The van der Waals surface area contributed by atoms with Gasteiger partial charge in [0.05, 0.1) is 23.7 Å². The Bertz CT molecular complexity index is 918. The molecule has 7 heteroatoms. The van der Waals surface area contributed by atoms with Gasteiger partial charge in [-0.25, -0.2) is 4.98 Å². The number of hydrogen-bond donors (Lipinski definition) is 0. The first-order valence-electron chi connectivity index (χ1n) is 9.39. The molecule has 0 aliphatic carbocycles. The highest BCUT2D eigenvalue weighted by Crippen LogP contribution is 2.38. The van der Waals surface area contributed by atoms with Crippen LogP contribution in [0.4, 0.5) is 0 Å². The van der Waals surface area contributed by atoms with Crippen LogP contribution in [0.5, 0.6) is 5.88 Å². The summed E-state index contributed by atoms with van der Waals surface area (Å²) in [5.41, 5.74) is 4.21. The van der Waals surface area contributed by atoms with Gasteiger partial charge >= 0.3 is 0 Å². The van der Waals surface area contributed by atoms with Crippen molar-refractivity contribution in [3.63, 3.8) is 0 Å². The molecule has 0 spiro atoms. The first-order valence-corrected chi connectivity index (χ1v) is 10.9. The van der Waals surface area contributed by atoms with E-state index in [1.807, 2.05) is 19.9 Å². The van der Waals surface area contributed by atoms with Gasteiger partial charge in [0, 0.05) is 27.3 Å². The maximum absolute atomic E-state index is 13.2. The molecule has 0 saturated heterocycles. The molecule has 0 atom stereocenters. The van der Waals surface area contributed by atoms with Gasteiger partial charge in [0.1, 0.15) is 0 Å². The summed E-state index contributed by atoms with van der Waals surface area (Å²) in [7, 11) is 0. The SMILES string of the molecule is CCCCOc1nc(C)cc(C)c1CN1CCc2c(Cl)cc(Br)c(Cl)c2C1=O. The number of carbonyl (C=O) groups is 1. The highest BCUT2D eigenvalue weighted by molar-refractivity contribution is 9.10. The third kappa shape index (κ3) is 4.32. The largest absolute Gasteiger partial charge is 0.477 e. The third-order valence-corrected chi connectivity index (χ3v) is 6.51. The number of aromatic nitrogens is 1. The highest BCUT2D eigenvalue weighted by atomic mass is 79.9. The molecule has 1 amide bonds. The quantitative estimate of drug-likeness (QED) is 0.364. The zero-order valence-corrected chi connectivity index (χ0v) is 19.3.